The quantitative estimate of drug-likeness (QED) is 0.832. The van der Waals surface area contributed by atoms with Gasteiger partial charge in [0.25, 0.3) is 0 Å². The number of aromatic nitrogens is 1. The summed E-state index contributed by atoms with van der Waals surface area (Å²) in [6.45, 7) is 3.27. The van der Waals surface area contributed by atoms with Gasteiger partial charge in [-0.15, -0.1) is 0 Å². The average Bonchev–Trinajstić information content (AvgIpc) is 2.44. The van der Waals surface area contributed by atoms with Crippen LogP contribution in [-0.4, -0.2) is 18.1 Å². The maximum Gasteiger partial charge on any atom is 0.142 e. The second kappa shape index (κ2) is 6.41. The van der Waals surface area contributed by atoms with Gasteiger partial charge in [0.15, 0.2) is 0 Å². The Hall–Kier alpha value is -2.54. The lowest BCUT2D eigenvalue weighted by Gasteiger charge is -2.09. The van der Waals surface area contributed by atoms with Crippen molar-refractivity contribution < 1.29 is 4.74 Å². The number of benzene rings is 1. The van der Waals surface area contributed by atoms with E-state index in [1.807, 2.05) is 43.3 Å². The number of nitriles is 1. The zero-order valence-electron chi connectivity index (χ0n) is 10.8. The van der Waals surface area contributed by atoms with E-state index < -0.39 is 0 Å². The van der Waals surface area contributed by atoms with Crippen LogP contribution < -0.4 is 10.1 Å². The van der Waals surface area contributed by atoms with Gasteiger partial charge in [0.2, 0.25) is 0 Å². The van der Waals surface area contributed by atoms with Gasteiger partial charge in [0, 0.05) is 18.4 Å². The van der Waals surface area contributed by atoms with E-state index in [9.17, 15) is 0 Å². The van der Waals surface area contributed by atoms with Crippen molar-refractivity contribution in [3.8, 4) is 11.8 Å². The van der Waals surface area contributed by atoms with Crippen molar-refractivity contribution in [2.45, 2.75) is 6.92 Å². The summed E-state index contributed by atoms with van der Waals surface area (Å²) in [5, 5.41) is 11.9. The van der Waals surface area contributed by atoms with Crippen molar-refractivity contribution >= 4 is 5.69 Å². The molecule has 19 heavy (non-hydrogen) atoms. The summed E-state index contributed by atoms with van der Waals surface area (Å²) >= 11 is 0. The highest BCUT2D eigenvalue weighted by Crippen LogP contribution is 2.12. The fourth-order valence-electron chi connectivity index (χ4n) is 1.67. The van der Waals surface area contributed by atoms with Crippen LogP contribution in [0.5, 0.6) is 5.75 Å². The van der Waals surface area contributed by atoms with Gasteiger partial charge >= 0.3 is 0 Å². The summed E-state index contributed by atoms with van der Waals surface area (Å²) in [4.78, 5) is 3.91. The van der Waals surface area contributed by atoms with Crippen LogP contribution >= 0.6 is 0 Å². The van der Waals surface area contributed by atoms with Gasteiger partial charge < -0.3 is 10.1 Å². The van der Waals surface area contributed by atoms with Crippen molar-refractivity contribution in [3.63, 3.8) is 0 Å². The van der Waals surface area contributed by atoms with Gasteiger partial charge in [-0.2, -0.15) is 5.26 Å². The Balaban J connectivity index is 1.79. The van der Waals surface area contributed by atoms with Crippen molar-refractivity contribution in [3.05, 3.63) is 53.9 Å². The summed E-state index contributed by atoms with van der Waals surface area (Å²) in [7, 11) is 0. The average molecular weight is 253 g/mol. The molecular formula is C15H15N3O. The Morgan fingerprint density at radius 2 is 2.21 bits per heavy atom. The Labute approximate surface area is 112 Å². The number of anilines is 1. The monoisotopic (exact) mass is 253 g/mol. The van der Waals surface area contributed by atoms with Crippen molar-refractivity contribution in [2.24, 2.45) is 0 Å². The molecule has 0 radical (unpaired) electrons. The third-order valence-corrected chi connectivity index (χ3v) is 2.56. The molecule has 0 unspecified atom stereocenters. The standard InChI is InChI=1S/C15H15N3O/c1-12-3-2-4-15(9-12)19-8-7-18-13-5-6-17-14(10-13)11-16/h2-6,9-10H,7-8H2,1H3,(H,17,18). The predicted octanol–water partition coefficient (Wildman–Crippen LogP) is 2.75. The second-order valence-electron chi connectivity index (χ2n) is 4.13. The molecule has 2 aromatic rings. The predicted molar refractivity (Wildman–Crippen MR) is 74.1 cm³/mol. The van der Waals surface area contributed by atoms with Crippen molar-refractivity contribution in [1.29, 1.82) is 5.26 Å². The van der Waals surface area contributed by atoms with E-state index in [-0.39, 0.29) is 0 Å². The Kier molecular flexibility index (Phi) is 4.35. The first-order valence-electron chi connectivity index (χ1n) is 6.07. The van der Waals surface area contributed by atoms with E-state index in [0.29, 0.717) is 18.8 Å². The van der Waals surface area contributed by atoms with Gasteiger partial charge in [-0.05, 0) is 36.8 Å². The van der Waals surface area contributed by atoms with Gasteiger partial charge in [0.05, 0.1) is 0 Å². The number of hydrogen-bond donors (Lipinski definition) is 1. The Morgan fingerprint density at radius 1 is 1.32 bits per heavy atom. The lowest BCUT2D eigenvalue weighted by atomic mass is 10.2. The first-order valence-corrected chi connectivity index (χ1v) is 6.07. The minimum absolute atomic E-state index is 0.407. The second-order valence-corrected chi connectivity index (χ2v) is 4.13. The molecule has 2 rings (SSSR count). The Morgan fingerprint density at radius 3 is 3.00 bits per heavy atom. The molecule has 0 saturated carbocycles. The number of pyridine rings is 1. The smallest absolute Gasteiger partial charge is 0.142 e. The summed E-state index contributed by atoms with van der Waals surface area (Å²) in [6.07, 6.45) is 1.61. The molecule has 0 aliphatic rings. The summed E-state index contributed by atoms with van der Waals surface area (Å²) in [6, 6.07) is 13.5. The van der Waals surface area contributed by atoms with Crippen molar-refractivity contribution in [2.75, 3.05) is 18.5 Å². The van der Waals surface area contributed by atoms with E-state index in [0.717, 1.165) is 11.4 Å². The number of nitrogens with zero attached hydrogens (tertiary/aromatic N) is 2. The lowest BCUT2D eigenvalue weighted by molar-refractivity contribution is 0.332. The number of rotatable bonds is 5. The van der Waals surface area contributed by atoms with E-state index in [2.05, 4.69) is 10.3 Å². The molecule has 1 heterocycles. The van der Waals surface area contributed by atoms with Crippen LogP contribution in [0.25, 0.3) is 0 Å². The highest BCUT2D eigenvalue weighted by atomic mass is 16.5. The molecule has 0 amide bonds. The minimum Gasteiger partial charge on any atom is -0.492 e. The van der Waals surface area contributed by atoms with E-state index >= 15 is 0 Å². The maximum atomic E-state index is 8.74. The van der Waals surface area contributed by atoms with Gasteiger partial charge in [0.1, 0.15) is 24.1 Å². The lowest BCUT2D eigenvalue weighted by Crippen LogP contribution is -2.11. The minimum atomic E-state index is 0.407. The van der Waals surface area contributed by atoms with Crippen LogP contribution in [-0.2, 0) is 0 Å². The molecule has 0 saturated heterocycles. The zero-order chi connectivity index (χ0) is 13.5. The topological polar surface area (TPSA) is 57.9 Å². The number of hydrogen-bond acceptors (Lipinski definition) is 4. The molecule has 0 fully saturated rings. The largest absolute Gasteiger partial charge is 0.492 e. The molecule has 96 valence electrons. The van der Waals surface area contributed by atoms with Crippen LogP contribution in [0.2, 0.25) is 0 Å². The van der Waals surface area contributed by atoms with E-state index in [1.165, 1.54) is 5.56 Å². The molecule has 0 atom stereocenters. The Bertz CT molecular complexity index is 590. The van der Waals surface area contributed by atoms with Crippen LogP contribution in [0.3, 0.4) is 0 Å². The SMILES string of the molecule is Cc1cccc(OCCNc2ccnc(C#N)c2)c1. The zero-order valence-corrected chi connectivity index (χ0v) is 10.8. The van der Waals surface area contributed by atoms with Gasteiger partial charge in [-0.1, -0.05) is 12.1 Å². The van der Waals surface area contributed by atoms with Crippen LogP contribution in [0.4, 0.5) is 5.69 Å². The number of ether oxygens (including phenoxy) is 1. The molecule has 0 spiro atoms. The molecular weight excluding hydrogens is 238 g/mol. The number of nitrogens with one attached hydrogen (secondary N) is 1. The van der Waals surface area contributed by atoms with Crippen molar-refractivity contribution in [1.82, 2.24) is 4.98 Å². The molecule has 0 aliphatic heterocycles. The summed E-state index contributed by atoms with van der Waals surface area (Å²) in [5.74, 6) is 0.870. The van der Waals surface area contributed by atoms with Crippen LogP contribution in [0.15, 0.2) is 42.6 Å². The first-order chi connectivity index (χ1) is 9.28. The van der Waals surface area contributed by atoms with E-state index in [1.54, 1.807) is 12.3 Å². The van der Waals surface area contributed by atoms with E-state index in [4.69, 9.17) is 10.00 Å². The first kappa shape index (κ1) is 12.9. The molecule has 1 N–H and O–H groups in total. The molecule has 1 aromatic heterocycles. The normalized spacial score (nSPS) is 9.68. The van der Waals surface area contributed by atoms with Gasteiger partial charge in [-0.25, -0.2) is 4.98 Å². The molecule has 4 heteroatoms. The fourth-order valence-corrected chi connectivity index (χ4v) is 1.67. The van der Waals surface area contributed by atoms with Gasteiger partial charge in [-0.3, -0.25) is 0 Å². The summed E-state index contributed by atoms with van der Waals surface area (Å²) < 4.78 is 5.62. The number of aryl methyl sites for hydroxylation is 1. The third-order valence-electron chi connectivity index (χ3n) is 2.56. The fraction of sp³-hybridized carbons (Fsp3) is 0.200. The maximum absolute atomic E-state index is 8.74. The van der Waals surface area contributed by atoms with Crippen LogP contribution in [0.1, 0.15) is 11.3 Å². The highest BCUT2D eigenvalue weighted by Gasteiger charge is 1.96. The molecule has 1 aromatic carbocycles. The molecule has 0 bridgehead atoms. The van der Waals surface area contributed by atoms with Crippen LogP contribution in [0, 0.1) is 18.3 Å². The molecule has 4 nitrogen and oxygen atoms in total. The summed E-state index contributed by atoms with van der Waals surface area (Å²) in [5.41, 5.74) is 2.46. The highest BCUT2D eigenvalue weighted by molar-refractivity contribution is 5.45. The molecule has 0 aliphatic carbocycles. The third kappa shape index (κ3) is 4.00.